The Kier molecular flexibility index (Phi) is 44.9. The Hall–Kier alpha value is -8.60. The SMILES string of the molecule is C.CC(C)(C)OC(=O)C[C@H](CC(=O)[C@H](CCCCNC(=O)OC(C)(C)C)NC(=O)CCOCCN=[N+]=[N-])C(=O)Nc1ccc(CO)cc1.CC(C)(C)OC(=O)C[C@H](CC(=O)[C@H](CCCCNC(=O)OC(C)(C)C)NC(=O)CCOCCN=[N+]=[N-])C(=O)O.Nc1ccc(CO)cc1. The van der Waals surface area contributed by atoms with Crippen molar-refractivity contribution in [2.24, 2.45) is 22.1 Å². The van der Waals surface area contributed by atoms with E-state index in [2.05, 4.69) is 46.6 Å². The smallest absolute Gasteiger partial charge is 0.407 e. The van der Waals surface area contributed by atoms with Crippen molar-refractivity contribution in [3.63, 3.8) is 0 Å². The van der Waals surface area contributed by atoms with E-state index in [1.807, 2.05) is 0 Å². The van der Waals surface area contributed by atoms with Crippen LogP contribution in [0.5, 0.6) is 0 Å². The van der Waals surface area contributed by atoms with Crippen LogP contribution in [0.25, 0.3) is 20.9 Å². The van der Waals surface area contributed by atoms with E-state index in [0.29, 0.717) is 36.9 Å². The molecular weight excluding hydrogens is 1250 g/mol. The first-order chi connectivity index (χ1) is 44.4. The van der Waals surface area contributed by atoms with Gasteiger partial charge in [0.15, 0.2) is 11.6 Å². The molecule has 96 heavy (non-hydrogen) atoms. The Labute approximate surface area is 563 Å². The highest BCUT2D eigenvalue weighted by Gasteiger charge is 2.33. The second-order valence-electron chi connectivity index (χ2n) is 25.6. The molecule has 2 aromatic carbocycles. The van der Waals surface area contributed by atoms with Gasteiger partial charge in [-0.1, -0.05) is 41.9 Å². The van der Waals surface area contributed by atoms with Crippen LogP contribution in [-0.4, -0.2) is 162 Å². The number of carbonyl (C=O) groups excluding carboxylic acids is 9. The molecule has 0 saturated heterocycles. The third-order valence-electron chi connectivity index (χ3n) is 12.2. The lowest BCUT2D eigenvalue weighted by atomic mass is 9.92. The number of nitrogens with zero attached hydrogens (tertiary/aromatic N) is 6. The van der Waals surface area contributed by atoms with Crippen LogP contribution in [0.3, 0.4) is 0 Å². The number of aliphatic carboxylic acids is 1. The predicted molar refractivity (Wildman–Crippen MR) is 358 cm³/mol. The molecule has 0 spiro atoms. The normalized spacial score (nSPS) is 12.3. The molecule has 540 valence electrons. The minimum absolute atomic E-state index is 0. The summed E-state index contributed by atoms with van der Waals surface area (Å²) in [5.41, 5.74) is 21.8. The molecule has 0 aliphatic heterocycles. The number of anilines is 2. The molecule has 0 heterocycles. The Morgan fingerprint density at radius 1 is 0.521 bits per heavy atom. The van der Waals surface area contributed by atoms with Crippen molar-refractivity contribution in [2.45, 2.75) is 215 Å². The number of carboxylic acids is 1. The molecule has 10 N–H and O–H groups in total. The number of unbranched alkanes of at least 4 members (excludes halogenated alkanes) is 2. The molecule has 0 aliphatic carbocycles. The average molecular weight is 1360 g/mol. The molecular formula is C65H106N12O19. The molecule has 0 saturated carbocycles. The molecule has 5 amide bonds. The molecule has 0 fully saturated rings. The third kappa shape index (κ3) is 49.0. The molecule has 2 rings (SSSR count). The average Bonchev–Trinajstić information content (AvgIpc) is 1.25. The molecule has 2 aromatic rings. The first-order valence-corrected chi connectivity index (χ1v) is 31.3. The number of ether oxygens (including phenoxy) is 6. The lowest BCUT2D eigenvalue weighted by molar-refractivity contribution is -0.160. The zero-order chi connectivity index (χ0) is 72.2. The number of hydrogen-bond acceptors (Lipinski definition) is 21. The first-order valence-electron chi connectivity index (χ1n) is 31.3. The van der Waals surface area contributed by atoms with Gasteiger partial charge in [0.2, 0.25) is 17.7 Å². The lowest BCUT2D eigenvalue weighted by Gasteiger charge is -2.24. The number of amides is 5. The monoisotopic (exact) mass is 1360 g/mol. The number of hydrogen-bond donors (Lipinski definition) is 9. The van der Waals surface area contributed by atoms with E-state index in [0.717, 1.165) is 11.3 Å². The summed E-state index contributed by atoms with van der Waals surface area (Å²) in [6, 6.07) is 11.6. The second-order valence-corrected chi connectivity index (χ2v) is 25.6. The van der Waals surface area contributed by atoms with Crippen LogP contribution in [0.15, 0.2) is 58.8 Å². The van der Waals surface area contributed by atoms with E-state index in [-0.39, 0.29) is 112 Å². The van der Waals surface area contributed by atoms with Crippen molar-refractivity contribution in [1.82, 2.24) is 21.3 Å². The summed E-state index contributed by atoms with van der Waals surface area (Å²) >= 11 is 0. The summed E-state index contributed by atoms with van der Waals surface area (Å²) in [5, 5.41) is 47.4. The number of aliphatic hydroxyl groups is 2. The van der Waals surface area contributed by atoms with Crippen molar-refractivity contribution in [3.05, 3.63) is 80.5 Å². The van der Waals surface area contributed by atoms with Gasteiger partial charge in [0.1, 0.15) is 22.4 Å². The Morgan fingerprint density at radius 3 is 1.24 bits per heavy atom. The van der Waals surface area contributed by atoms with Gasteiger partial charge in [-0.2, -0.15) is 0 Å². The fourth-order valence-electron chi connectivity index (χ4n) is 7.95. The molecule has 0 aromatic heterocycles. The maximum atomic E-state index is 13.6. The van der Waals surface area contributed by atoms with Crippen LogP contribution in [0.2, 0.25) is 0 Å². The number of ketones is 2. The highest BCUT2D eigenvalue weighted by molar-refractivity contribution is 5.99. The third-order valence-corrected chi connectivity index (χ3v) is 12.2. The van der Waals surface area contributed by atoms with Gasteiger partial charge >= 0.3 is 30.1 Å². The van der Waals surface area contributed by atoms with Gasteiger partial charge < -0.3 is 76.1 Å². The molecule has 4 atom stereocenters. The van der Waals surface area contributed by atoms with Crippen LogP contribution in [0, 0.1) is 11.8 Å². The number of benzene rings is 2. The van der Waals surface area contributed by atoms with E-state index >= 15 is 0 Å². The summed E-state index contributed by atoms with van der Waals surface area (Å²) in [6.07, 6.45) is -0.743. The number of nitrogens with two attached hydrogens (primary N) is 1. The summed E-state index contributed by atoms with van der Waals surface area (Å²) in [5.74, 6) is -7.67. The number of alkyl carbamates (subject to hydrolysis) is 2. The highest BCUT2D eigenvalue weighted by atomic mass is 16.6. The van der Waals surface area contributed by atoms with E-state index < -0.39 is 119 Å². The predicted octanol–water partition coefficient (Wildman–Crippen LogP) is 8.99. The fourth-order valence-corrected chi connectivity index (χ4v) is 7.95. The van der Waals surface area contributed by atoms with E-state index in [9.17, 15) is 58.2 Å². The number of nitrogen functional groups attached to an aromatic ring is 1. The Morgan fingerprint density at radius 2 is 0.885 bits per heavy atom. The van der Waals surface area contributed by atoms with E-state index in [1.54, 1.807) is 132 Å². The Balaban J connectivity index is 0. The zero-order valence-electron chi connectivity index (χ0n) is 57.1. The number of aliphatic hydroxyl groups excluding tert-OH is 2. The maximum absolute atomic E-state index is 13.6. The molecule has 31 heteroatoms. The Bertz CT molecular complexity index is 2800. The molecule has 0 unspecified atom stereocenters. The molecule has 31 nitrogen and oxygen atoms in total. The number of carboxylic acid groups (broad SMARTS) is 1. The van der Waals surface area contributed by atoms with Gasteiger partial charge in [0.05, 0.1) is 76.4 Å². The second kappa shape index (κ2) is 48.1. The molecule has 0 bridgehead atoms. The number of rotatable bonds is 39. The van der Waals surface area contributed by atoms with Gasteiger partial charge in [-0.15, -0.1) is 0 Å². The zero-order valence-corrected chi connectivity index (χ0v) is 57.1. The summed E-state index contributed by atoms with van der Waals surface area (Å²) in [7, 11) is 0. The van der Waals surface area contributed by atoms with Gasteiger partial charge in [0.25, 0.3) is 0 Å². The van der Waals surface area contributed by atoms with Crippen LogP contribution in [0.4, 0.5) is 21.0 Å². The maximum Gasteiger partial charge on any atom is 0.407 e. The van der Waals surface area contributed by atoms with Gasteiger partial charge in [-0.05, 0) is 168 Å². The van der Waals surface area contributed by atoms with Crippen LogP contribution in [0.1, 0.15) is 179 Å². The fraction of sp³-hybridized carbons (Fsp3) is 0.662. The minimum Gasteiger partial charge on any atom is -0.481 e. The van der Waals surface area contributed by atoms with Crippen molar-refractivity contribution in [1.29, 1.82) is 0 Å². The summed E-state index contributed by atoms with van der Waals surface area (Å²) < 4.78 is 31.5. The van der Waals surface area contributed by atoms with Gasteiger partial charge in [-0.3, -0.25) is 38.4 Å². The van der Waals surface area contributed by atoms with Gasteiger partial charge in [0, 0.05) is 73.1 Å². The number of carbonyl (C=O) groups is 10. The topological polar surface area (TPSA) is 470 Å². The van der Waals surface area contributed by atoms with Crippen molar-refractivity contribution in [3.8, 4) is 0 Å². The van der Waals surface area contributed by atoms with Crippen LogP contribution >= 0.6 is 0 Å². The quantitative estimate of drug-likeness (QED) is 0.00573. The van der Waals surface area contributed by atoms with E-state index in [1.165, 1.54) is 0 Å². The lowest BCUT2D eigenvalue weighted by Crippen LogP contribution is -2.43. The number of nitrogens with one attached hydrogen (secondary N) is 5. The molecule has 0 radical (unpaired) electrons. The van der Waals surface area contributed by atoms with E-state index in [4.69, 9.17) is 50.3 Å². The number of esters is 2. The van der Waals surface area contributed by atoms with Crippen molar-refractivity contribution < 1.29 is 91.7 Å². The van der Waals surface area contributed by atoms with Crippen molar-refractivity contribution >= 4 is 70.8 Å². The van der Waals surface area contributed by atoms with Gasteiger partial charge in [-0.25, -0.2) is 9.59 Å². The highest BCUT2D eigenvalue weighted by Crippen LogP contribution is 2.22. The largest absolute Gasteiger partial charge is 0.481 e. The molecule has 0 aliphatic rings. The summed E-state index contributed by atoms with van der Waals surface area (Å²) in [4.78, 5) is 131. The summed E-state index contributed by atoms with van der Waals surface area (Å²) in [6.45, 7) is 21.5. The van der Waals surface area contributed by atoms with Crippen molar-refractivity contribution in [2.75, 3.05) is 63.7 Å². The van der Waals surface area contributed by atoms with Crippen LogP contribution in [-0.2, 0) is 80.0 Å². The van der Waals surface area contributed by atoms with Crippen LogP contribution < -0.4 is 32.3 Å². The standard InChI is InChI=1S/C32H50N6O9.C25H43N5O9.C7H9NO.CH4/c1-31(2,3)46-28(42)20-23(29(43)36-24-12-10-22(21-39)11-13-24)19-26(40)25(37-27(41)14-17-45-18-16-35-38-33)9-7-8-15-34-30(44)47-32(4,5)6;1-24(2,3)38-21(33)16-17(22(34)35)15-19(31)18(29-20(32)10-13-37-14-12-28-30-26)9-7-8-11-27-23(36)39-25(4,5)6;8-7-3-1-6(5-9)2-4-7;/h10-13,23,25,39H,7-9,14-21H2,1-6H3,(H,34,44)(H,36,43)(H,37,41);17-18H,7-16H2,1-6H3,(H,27,36)(H,29,32)(H,34,35);1-4,9H,5,8H2;1H4/t23-,25-;17-,18-;;/m00../s1. The number of Topliss-reactive ketones (excluding diaryl/α,β-unsaturated/α-hetero) is 2. The number of azide groups is 2. The minimum atomic E-state index is -1.32. The first kappa shape index (κ1) is 89.5.